The van der Waals surface area contributed by atoms with Crippen molar-refractivity contribution in [3.8, 4) is 0 Å². The first-order chi connectivity index (χ1) is 7.20. The van der Waals surface area contributed by atoms with Gasteiger partial charge < -0.3 is 15.1 Å². The topological polar surface area (TPSA) is 68.2 Å². The molecule has 0 radical (unpaired) electrons. The fraction of sp³-hybridized carbons (Fsp3) is 0.800. The number of hydrogen-bond donors (Lipinski definition) is 1. The number of aromatic nitrogens is 2. The molecule has 5 heteroatoms. The molecule has 2 heterocycles. The third-order valence-corrected chi connectivity index (χ3v) is 2.99. The van der Waals surface area contributed by atoms with E-state index < -0.39 is 0 Å². The van der Waals surface area contributed by atoms with Gasteiger partial charge in [0.2, 0.25) is 5.89 Å². The van der Waals surface area contributed by atoms with Gasteiger partial charge in [0.25, 0.3) is 0 Å². The first-order valence-electron chi connectivity index (χ1n) is 5.49. The molecule has 0 aliphatic carbocycles. The molecule has 2 rings (SSSR count). The van der Waals surface area contributed by atoms with Gasteiger partial charge in [0.1, 0.15) is 0 Å². The normalized spacial score (nSPS) is 27.0. The van der Waals surface area contributed by atoms with Crippen LogP contribution in [0.15, 0.2) is 4.42 Å². The Bertz CT molecular complexity index is 325. The van der Waals surface area contributed by atoms with Crippen molar-refractivity contribution in [1.82, 2.24) is 10.2 Å². The number of anilines is 1. The Kier molecular flexibility index (Phi) is 2.90. The number of piperidine rings is 1. The Labute approximate surface area is 89.6 Å². The van der Waals surface area contributed by atoms with Crippen LogP contribution in [-0.4, -0.2) is 22.8 Å². The zero-order valence-electron chi connectivity index (χ0n) is 9.31. The van der Waals surface area contributed by atoms with E-state index in [-0.39, 0.29) is 0 Å². The maximum absolute atomic E-state index is 5.47. The van der Waals surface area contributed by atoms with E-state index in [1.54, 1.807) is 0 Å². The van der Waals surface area contributed by atoms with E-state index in [9.17, 15) is 0 Å². The molecule has 1 fully saturated rings. The minimum Gasteiger partial charge on any atom is -0.407 e. The second kappa shape index (κ2) is 4.18. The summed E-state index contributed by atoms with van der Waals surface area (Å²) in [6.07, 6.45) is 2.46. The summed E-state index contributed by atoms with van der Waals surface area (Å²) in [4.78, 5) is 2.18. The van der Waals surface area contributed by atoms with Gasteiger partial charge in [-0.15, -0.1) is 5.10 Å². The first kappa shape index (κ1) is 10.4. The van der Waals surface area contributed by atoms with Crippen molar-refractivity contribution in [2.24, 2.45) is 11.7 Å². The van der Waals surface area contributed by atoms with Crippen LogP contribution >= 0.6 is 0 Å². The van der Waals surface area contributed by atoms with E-state index in [0.29, 0.717) is 30.4 Å². The van der Waals surface area contributed by atoms with Crippen molar-refractivity contribution in [1.29, 1.82) is 0 Å². The highest BCUT2D eigenvalue weighted by molar-refractivity contribution is 5.27. The molecule has 0 aromatic carbocycles. The van der Waals surface area contributed by atoms with Crippen molar-refractivity contribution in [2.75, 3.05) is 11.4 Å². The molecule has 84 valence electrons. The number of nitrogens with two attached hydrogens (primary N) is 1. The van der Waals surface area contributed by atoms with Crippen molar-refractivity contribution < 1.29 is 4.42 Å². The molecule has 2 atom stereocenters. The molecule has 2 N–H and O–H groups in total. The van der Waals surface area contributed by atoms with E-state index >= 15 is 0 Å². The predicted molar refractivity (Wildman–Crippen MR) is 57.4 cm³/mol. The van der Waals surface area contributed by atoms with Crippen LogP contribution in [0.2, 0.25) is 0 Å². The lowest BCUT2D eigenvalue weighted by atomic mass is 9.96. The molecule has 1 saturated heterocycles. The molecule has 1 aliphatic rings. The monoisotopic (exact) mass is 210 g/mol. The van der Waals surface area contributed by atoms with Gasteiger partial charge in [0.15, 0.2) is 0 Å². The predicted octanol–water partition coefficient (Wildman–Crippen LogP) is 1.15. The second-order valence-electron chi connectivity index (χ2n) is 4.37. The fourth-order valence-corrected chi connectivity index (χ4v) is 2.00. The van der Waals surface area contributed by atoms with E-state index in [0.717, 1.165) is 6.54 Å². The highest BCUT2D eigenvalue weighted by Crippen LogP contribution is 2.26. The van der Waals surface area contributed by atoms with Crippen LogP contribution < -0.4 is 10.6 Å². The molecule has 5 nitrogen and oxygen atoms in total. The van der Waals surface area contributed by atoms with Gasteiger partial charge in [-0.3, -0.25) is 0 Å². The van der Waals surface area contributed by atoms with Gasteiger partial charge in [0, 0.05) is 12.6 Å². The summed E-state index contributed by atoms with van der Waals surface area (Å²) in [7, 11) is 0. The maximum atomic E-state index is 5.47. The molecule has 0 spiro atoms. The van der Waals surface area contributed by atoms with Gasteiger partial charge in [0.05, 0.1) is 6.54 Å². The number of rotatable bonds is 2. The zero-order valence-corrected chi connectivity index (χ0v) is 9.31. The molecule has 0 saturated carbocycles. The Hall–Kier alpha value is -1.10. The van der Waals surface area contributed by atoms with Crippen molar-refractivity contribution in [3.05, 3.63) is 5.89 Å². The highest BCUT2D eigenvalue weighted by atomic mass is 16.4. The first-order valence-corrected chi connectivity index (χ1v) is 5.49. The van der Waals surface area contributed by atoms with Crippen LogP contribution in [0.1, 0.15) is 32.6 Å². The van der Waals surface area contributed by atoms with Crippen LogP contribution in [0.3, 0.4) is 0 Å². The lowest BCUT2D eigenvalue weighted by molar-refractivity contribution is 0.361. The molecular formula is C10H18N4O. The van der Waals surface area contributed by atoms with Crippen molar-refractivity contribution in [3.63, 3.8) is 0 Å². The molecule has 1 aromatic heterocycles. The summed E-state index contributed by atoms with van der Waals surface area (Å²) in [5, 5.41) is 7.91. The summed E-state index contributed by atoms with van der Waals surface area (Å²) in [6.45, 7) is 5.75. The minimum absolute atomic E-state index is 0.310. The number of nitrogens with zero attached hydrogens (tertiary/aromatic N) is 3. The van der Waals surface area contributed by atoms with Crippen LogP contribution in [0.4, 0.5) is 6.01 Å². The average molecular weight is 210 g/mol. The highest BCUT2D eigenvalue weighted by Gasteiger charge is 2.26. The Morgan fingerprint density at radius 3 is 2.87 bits per heavy atom. The molecule has 1 aromatic rings. The minimum atomic E-state index is 0.310. The molecule has 0 amide bonds. The summed E-state index contributed by atoms with van der Waals surface area (Å²) >= 11 is 0. The van der Waals surface area contributed by atoms with E-state index in [2.05, 4.69) is 28.9 Å². The molecular weight excluding hydrogens is 192 g/mol. The third-order valence-electron chi connectivity index (χ3n) is 2.99. The quantitative estimate of drug-likeness (QED) is 0.793. The van der Waals surface area contributed by atoms with Crippen LogP contribution in [0.5, 0.6) is 0 Å². The SMILES string of the molecule is CC1CCC(C)N(c2nnc(CN)o2)C1. The Balaban J connectivity index is 2.13. The standard InChI is InChI=1S/C10H18N4O/c1-7-3-4-8(2)14(6-7)10-13-12-9(5-11)15-10/h7-8H,3-6,11H2,1-2H3. The van der Waals surface area contributed by atoms with Gasteiger partial charge in [-0.2, -0.15) is 0 Å². The van der Waals surface area contributed by atoms with Gasteiger partial charge in [-0.05, 0) is 25.7 Å². The summed E-state index contributed by atoms with van der Waals surface area (Å²) in [6, 6.07) is 1.10. The summed E-state index contributed by atoms with van der Waals surface area (Å²) in [5.41, 5.74) is 5.44. The lowest BCUT2D eigenvalue weighted by Gasteiger charge is -2.35. The number of hydrogen-bond acceptors (Lipinski definition) is 5. The van der Waals surface area contributed by atoms with Gasteiger partial charge in [-0.25, -0.2) is 0 Å². The van der Waals surface area contributed by atoms with Crippen LogP contribution in [0.25, 0.3) is 0 Å². The van der Waals surface area contributed by atoms with Crippen LogP contribution in [-0.2, 0) is 6.54 Å². The maximum Gasteiger partial charge on any atom is 0.318 e. The molecule has 1 aliphatic heterocycles. The Morgan fingerprint density at radius 1 is 1.40 bits per heavy atom. The second-order valence-corrected chi connectivity index (χ2v) is 4.37. The molecule has 2 unspecified atom stereocenters. The van der Waals surface area contributed by atoms with Crippen molar-refractivity contribution >= 4 is 6.01 Å². The lowest BCUT2D eigenvalue weighted by Crippen LogP contribution is -2.41. The zero-order chi connectivity index (χ0) is 10.8. The molecule has 15 heavy (non-hydrogen) atoms. The fourth-order valence-electron chi connectivity index (χ4n) is 2.00. The van der Waals surface area contributed by atoms with Crippen LogP contribution in [0, 0.1) is 5.92 Å². The molecule has 0 bridgehead atoms. The van der Waals surface area contributed by atoms with E-state index in [1.165, 1.54) is 12.8 Å². The van der Waals surface area contributed by atoms with Gasteiger partial charge >= 0.3 is 6.01 Å². The van der Waals surface area contributed by atoms with Gasteiger partial charge in [-0.1, -0.05) is 12.0 Å². The summed E-state index contributed by atoms with van der Waals surface area (Å²) in [5.74, 6) is 1.20. The van der Waals surface area contributed by atoms with E-state index in [1.807, 2.05) is 0 Å². The third kappa shape index (κ3) is 2.12. The van der Waals surface area contributed by atoms with E-state index in [4.69, 9.17) is 10.2 Å². The Morgan fingerprint density at radius 2 is 2.20 bits per heavy atom. The largest absolute Gasteiger partial charge is 0.407 e. The smallest absolute Gasteiger partial charge is 0.318 e. The average Bonchev–Trinajstić information content (AvgIpc) is 2.70. The van der Waals surface area contributed by atoms with Crippen molar-refractivity contribution in [2.45, 2.75) is 39.3 Å². The summed E-state index contributed by atoms with van der Waals surface area (Å²) < 4.78 is 5.47.